The molecule has 0 radical (unpaired) electrons. The second-order valence-corrected chi connectivity index (χ2v) is 8.32. The van der Waals surface area contributed by atoms with E-state index in [9.17, 15) is 9.90 Å². The molecule has 1 spiro atoms. The molecule has 0 saturated carbocycles. The van der Waals surface area contributed by atoms with Crippen molar-refractivity contribution in [3.63, 3.8) is 0 Å². The molecular formula is C21H30N4O6. The Morgan fingerprint density at radius 3 is 2.68 bits per heavy atom. The fraction of sp³-hybridized carbons (Fsp3) is 0.571. The van der Waals surface area contributed by atoms with Gasteiger partial charge in [0.15, 0.2) is 0 Å². The van der Waals surface area contributed by atoms with Gasteiger partial charge in [0, 0.05) is 25.9 Å². The molecule has 170 valence electrons. The highest BCUT2D eigenvalue weighted by atomic mass is 16.5. The second kappa shape index (κ2) is 9.63. The van der Waals surface area contributed by atoms with Gasteiger partial charge in [-0.25, -0.2) is 0 Å². The van der Waals surface area contributed by atoms with Crippen LogP contribution in [0.4, 0.5) is 0 Å². The third-order valence-corrected chi connectivity index (χ3v) is 6.15. The van der Waals surface area contributed by atoms with Gasteiger partial charge in [-0.15, -0.1) is 0 Å². The molecule has 4 heterocycles. The maximum absolute atomic E-state index is 12.5. The van der Waals surface area contributed by atoms with E-state index in [4.69, 9.17) is 19.1 Å². The van der Waals surface area contributed by atoms with Gasteiger partial charge in [0.2, 0.25) is 0 Å². The van der Waals surface area contributed by atoms with E-state index in [0.717, 1.165) is 31.2 Å². The molecule has 10 heteroatoms. The van der Waals surface area contributed by atoms with Crippen molar-refractivity contribution in [2.24, 2.45) is 0 Å². The molecule has 0 bridgehead atoms. The molecule has 10 nitrogen and oxygen atoms in total. The van der Waals surface area contributed by atoms with Crippen molar-refractivity contribution < 1.29 is 29.0 Å². The second-order valence-electron chi connectivity index (χ2n) is 8.32. The van der Waals surface area contributed by atoms with Crippen LogP contribution >= 0.6 is 0 Å². The van der Waals surface area contributed by atoms with E-state index in [1.54, 1.807) is 6.20 Å². The number of aromatic nitrogens is 2. The number of H-pyrrole nitrogens is 1. The third-order valence-electron chi connectivity index (χ3n) is 6.15. The molecule has 0 aliphatic carbocycles. The number of hydrogen-bond donors (Lipinski definition) is 4. The summed E-state index contributed by atoms with van der Waals surface area (Å²) in [6.45, 7) is 6.48. The summed E-state index contributed by atoms with van der Waals surface area (Å²) in [6, 6.07) is 3.98. The molecular weight excluding hydrogens is 404 g/mol. The van der Waals surface area contributed by atoms with E-state index >= 15 is 0 Å². The minimum absolute atomic E-state index is 0.238. The van der Waals surface area contributed by atoms with Crippen LogP contribution in [0.5, 0.6) is 0 Å². The molecule has 0 aromatic carbocycles. The summed E-state index contributed by atoms with van der Waals surface area (Å²) in [5.74, 6) is 1.63. The van der Waals surface area contributed by atoms with Gasteiger partial charge in [-0.2, -0.15) is 5.10 Å². The summed E-state index contributed by atoms with van der Waals surface area (Å²) in [5, 5.41) is 27.6. The standard InChI is InChI=1S/C20H28N4O4.CH2O2/c1-14-3-4-16(28-14)13-24-8-5-20(6-9-24)18(26)19(2,7-10-27-20)23-17(25)15-11-21-22-12-15;2-1-3/h3-4,11-12,18,26H,5-10,13H2,1-2H3,(H,21,22)(H,23,25);1H,(H,2,3)/t18-,19+;/m0./s1. The first kappa shape index (κ1) is 23.0. The average Bonchev–Trinajstić information content (AvgIpc) is 3.41. The Labute approximate surface area is 180 Å². The van der Waals surface area contributed by atoms with Gasteiger partial charge in [-0.3, -0.25) is 19.6 Å². The number of piperidine rings is 1. The molecule has 2 aliphatic heterocycles. The van der Waals surface area contributed by atoms with Crippen LogP contribution in [0.3, 0.4) is 0 Å². The Morgan fingerprint density at radius 2 is 2.10 bits per heavy atom. The van der Waals surface area contributed by atoms with Crippen LogP contribution in [0.2, 0.25) is 0 Å². The number of aliphatic hydroxyl groups excluding tert-OH is 1. The summed E-state index contributed by atoms with van der Waals surface area (Å²) in [4.78, 5) is 23.2. The van der Waals surface area contributed by atoms with Crippen molar-refractivity contribution in [1.82, 2.24) is 20.4 Å². The lowest BCUT2D eigenvalue weighted by molar-refractivity contribution is -0.206. The van der Waals surface area contributed by atoms with Gasteiger partial charge < -0.3 is 24.7 Å². The molecule has 2 aromatic heterocycles. The summed E-state index contributed by atoms with van der Waals surface area (Å²) < 4.78 is 11.8. The minimum atomic E-state index is -0.780. The highest BCUT2D eigenvalue weighted by molar-refractivity contribution is 5.94. The number of carbonyl (C=O) groups is 2. The van der Waals surface area contributed by atoms with Gasteiger partial charge in [-0.1, -0.05) is 0 Å². The fourth-order valence-corrected chi connectivity index (χ4v) is 4.40. The van der Waals surface area contributed by atoms with E-state index in [2.05, 4.69) is 20.4 Å². The molecule has 2 aromatic rings. The minimum Gasteiger partial charge on any atom is -0.483 e. The van der Waals surface area contributed by atoms with Gasteiger partial charge in [0.25, 0.3) is 12.4 Å². The van der Waals surface area contributed by atoms with Crippen molar-refractivity contribution in [1.29, 1.82) is 0 Å². The van der Waals surface area contributed by atoms with Crippen LogP contribution in [0.15, 0.2) is 28.9 Å². The maximum Gasteiger partial charge on any atom is 0.290 e. The first-order valence-electron chi connectivity index (χ1n) is 10.3. The summed E-state index contributed by atoms with van der Waals surface area (Å²) >= 11 is 0. The molecule has 4 rings (SSSR count). The predicted octanol–water partition coefficient (Wildman–Crippen LogP) is 1.32. The van der Waals surface area contributed by atoms with Crippen molar-refractivity contribution in [3.05, 3.63) is 41.6 Å². The first-order chi connectivity index (χ1) is 14.8. The topological polar surface area (TPSA) is 141 Å². The summed E-state index contributed by atoms with van der Waals surface area (Å²) in [5.41, 5.74) is -0.920. The van der Waals surface area contributed by atoms with Crippen molar-refractivity contribution in [2.45, 2.75) is 56.9 Å². The van der Waals surface area contributed by atoms with Crippen molar-refractivity contribution in [2.75, 3.05) is 19.7 Å². The number of rotatable bonds is 4. The van der Waals surface area contributed by atoms with Crippen molar-refractivity contribution in [3.8, 4) is 0 Å². The highest BCUT2D eigenvalue weighted by Crippen LogP contribution is 2.40. The molecule has 2 fully saturated rings. The monoisotopic (exact) mass is 434 g/mol. The average molecular weight is 434 g/mol. The lowest BCUT2D eigenvalue weighted by atomic mass is 9.73. The zero-order valence-electron chi connectivity index (χ0n) is 17.8. The van der Waals surface area contributed by atoms with E-state index in [-0.39, 0.29) is 12.4 Å². The van der Waals surface area contributed by atoms with Gasteiger partial charge in [0.05, 0.1) is 29.4 Å². The van der Waals surface area contributed by atoms with Crippen LogP contribution in [0.25, 0.3) is 0 Å². The molecule has 2 aliphatic rings. The summed E-state index contributed by atoms with van der Waals surface area (Å²) in [7, 11) is 0. The molecule has 2 saturated heterocycles. The lowest BCUT2D eigenvalue weighted by Crippen LogP contribution is -2.69. The number of nitrogens with zero attached hydrogens (tertiary/aromatic N) is 2. The number of likely N-dealkylation sites (tertiary alicyclic amines) is 1. The van der Waals surface area contributed by atoms with E-state index in [0.29, 0.717) is 31.4 Å². The largest absolute Gasteiger partial charge is 0.483 e. The molecule has 31 heavy (non-hydrogen) atoms. The normalized spacial score (nSPS) is 25.5. The smallest absolute Gasteiger partial charge is 0.290 e. The molecule has 4 N–H and O–H groups in total. The van der Waals surface area contributed by atoms with Crippen LogP contribution in [-0.2, 0) is 16.1 Å². The number of amides is 1. The Bertz CT molecular complexity index is 859. The zero-order chi connectivity index (χ0) is 22.5. The highest BCUT2D eigenvalue weighted by Gasteiger charge is 2.53. The zero-order valence-corrected chi connectivity index (χ0v) is 17.8. The number of aryl methyl sites for hydroxylation is 1. The van der Waals surface area contributed by atoms with E-state index in [1.807, 2.05) is 26.0 Å². The fourth-order valence-electron chi connectivity index (χ4n) is 4.40. The number of carbonyl (C=O) groups excluding carboxylic acids is 1. The number of aliphatic hydroxyl groups is 1. The Hall–Kier alpha value is -2.69. The predicted molar refractivity (Wildman–Crippen MR) is 110 cm³/mol. The molecule has 2 atom stereocenters. The van der Waals surface area contributed by atoms with Crippen LogP contribution in [0.1, 0.15) is 48.1 Å². The van der Waals surface area contributed by atoms with Crippen molar-refractivity contribution >= 4 is 12.4 Å². The number of ether oxygens (including phenoxy) is 1. The molecule has 0 unspecified atom stereocenters. The Kier molecular flexibility index (Phi) is 7.14. The van der Waals surface area contributed by atoms with E-state index < -0.39 is 17.2 Å². The van der Waals surface area contributed by atoms with Crippen LogP contribution < -0.4 is 5.32 Å². The van der Waals surface area contributed by atoms with Gasteiger partial charge >= 0.3 is 0 Å². The lowest BCUT2D eigenvalue weighted by Gasteiger charge is -2.53. The van der Waals surface area contributed by atoms with Crippen LogP contribution in [0, 0.1) is 6.92 Å². The number of furan rings is 1. The SMILES string of the molecule is Cc1ccc(CN2CCC3(CC2)OCC[C@@](C)(NC(=O)c2cn[nH]c2)[C@@H]3O)o1.O=CO. The van der Waals surface area contributed by atoms with Gasteiger partial charge in [0.1, 0.15) is 17.6 Å². The Morgan fingerprint density at radius 1 is 1.39 bits per heavy atom. The molecule has 1 amide bonds. The van der Waals surface area contributed by atoms with Crippen LogP contribution in [-0.4, -0.2) is 74.6 Å². The Balaban J connectivity index is 0.000000858. The quantitative estimate of drug-likeness (QED) is 0.528. The number of aromatic amines is 1. The number of carboxylic acid groups (broad SMARTS) is 1. The number of hydrogen-bond acceptors (Lipinski definition) is 7. The van der Waals surface area contributed by atoms with Gasteiger partial charge in [-0.05, 0) is 45.2 Å². The van der Waals surface area contributed by atoms with E-state index in [1.165, 1.54) is 6.20 Å². The number of nitrogens with one attached hydrogen (secondary N) is 2. The first-order valence-corrected chi connectivity index (χ1v) is 10.3. The summed E-state index contributed by atoms with van der Waals surface area (Å²) in [6.07, 6.45) is 4.24. The third kappa shape index (κ3) is 5.15. The maximum atomic E-state index is 12.5.